The van der Waals surface area contributed by atoms with E-state index in [1.807, 2.05) is 17.3 Å². The predicted octanol–water partition coefficient (Wildman–Crippen LogP) is 3.76. The third kappa shape index (κ3) is 3.68. The zero-order valence-corrected chi connectivity index (χ0v) is 15.4. The third-order valence-electron chi connectivity index (χ3n) is 4.66. The van der Waals surface area contributed by atoms with Crippen LogP contribution in [0.5, 0.6) is 0 Å². The number of benzene rings is 1. The minimum atomic E-state index is 0.0521. The van der Waals surface area contributed by atoms with Crippen molar-refractivity contribution < 1.29 is 4.79 Å². The van der Waals surface area contributed by atoms with Gasteiger partial charge in [0.1, 0.15) is 10.7 Å². The van der Waals surface area contributed by atoms with E-state index in [1.54, 1.807) is 11.3 Å². The second kappa shape index (κ2) is 7.45. The van der Waals surface area contributed by atoms with Gasteiger partial charge in [0.15, 0.2) is 0 Å². The fraction of sp³-hybridized carbons (Fsp3) is 0.474. The molecule has 1 aliphatic rings. The van der Waals surface area contributed by atoms with Crippen LogP contribution in [0.25, 0.3) is 10.6 Å². The quantitative estimate of drug-likeness (QED) is 0.919. The first-order valence-electron chi connectivity index (χ1n) is 8.61. The highest BCUT2D eigenvalue weighted by Crippen LogP contribution is 2.26. The Morgan fingerprint density at radius 3 is 2.75 bits per heavy atom. The lowest BCUT2D eigenvalue weighted by Crippen LogP contribution is -2.47. The van der Waals surface area contributed by atoms with Crippen molar-refractivity contribution in [3.05, 3.63) is 40.9 Å². The van der Waals surface area contributed by atoms with Crippen molar-refractivity contribution in [1.82, 2.24) is 15.2 Å². The van der Waals surface area contributed by atoms with E-state index < -0.39 is 0 Å². The summed E-state index contributed by atoms with van der Waals surface area (Å²) in [4.78, 5) is 19.2. The molecule has 5 heteroatoms. The average Bonchev–Trinajstić information content (AvgIpc) is 3.11. The van der Waals surface area contributed by atoms with Gasteiger partial charge in [-0.3, -0.25) is 4.79 Å². The Morgan fingerprint density at radius 1 is 1.33 bits per heavy atom. The lowest BCUT2D eigenvalue weighted by Gasteiger charge is -2.32. The van der Waals surface area contributed by atoms with Crippen molar-refractivity contribution in [3.8, 4) is 10.6 Å². The molecule has 3 rings (SSSR count). The van der Waals surface area contributed by atoms with E-state index >= 15 is 0 Å². The number of nitrogens with one attached hydrogen (secondary N) is 1. The fourth-order valence-corrected chi connectivity index (χ4v) is 3.87. The topological polar surface area (TPSA) is 45.2 Å². The zero-order chi connectivity index (χ0) is 17.1. The number of hydrogen-bond donors (Lipinski definition) is 1. The second-order valence-electron chi connectivity index (χ2n) is 6.69. The van der Waals surface area contributed by atoms with Gasteiger partial charge in [-0.15, -0.1) is 11.3 Å². The van der Waals surface area contributed by atoms with Crippen LogP contribution in [0.1, 0.15) is 48.7 Å². The van der Waals surface area contributed by atoms with E-state index in [4.69, 9.17) is 0 Å². The smallest absolute Gasteiger partial charge is 0.273 e. The third-order valence-corrected chi connectivity index (χ3v) is 5.56. The minimum Gasteiger partial charge on any atom is -0.336 e. The highest BCUT2D eigenvalue weighted by Gasteiger charge is 2.25. The maximum atomic E-state index is 12.7. The van der Waals surface area contributed by atoms with Crippen molar-refractivity contribution in [2.75, 3.05) is 20.1 Å². The Morgan fingerprint density at radius 2 is 2.08 bits per heavy atom. The van der Waals surface area contributed by atoms with Gasteiger partial charge in [-0.25, -0.2) is 4.98 Å². The number of likely N-dealkylation sites (N-methyl/N-ethyl adjacent to an activating group) is 1. The summed E-state index contributed by atoms with van der Waals surface area (Å²) in [5.41, 5.74) is 2.97. The number of likely N-dealkylation sites (tertiary alicyclic amines) is 1. The Balaban J connectivity index is 1.74. The number of rotatable bonds is 4. The number of nitrogens with zero attached hydrogens (tertiary/aromatic N) is 2. The number of amides is 1. The number of thiazole rings is 1. The van der Waals surface area contributed by atoms with Crippen LogP contribution in [0, 0.1) is 0 Å². The molecular formula is C19H25N3OS. The molecule has 1 fully saturated rings. The molecule has 0 aliphatic carbocycles. The van der Waals surface area contributed by atoms with Gasteiger partial charge in [0.2, 0.25) is 0 Å². The van der Waals surface area contributed by atoms with E-state index in [-0.39, 0.29) is 5.91 Å². The molecule has 0 spiro atoms. The first-order chi connectivity index (χ1) is 11.6. The molecule has 1 saturated heterocycles. The van der Waals surface area contributed by atoms with E-state index in [2.05, 4.69) is 48.4 Å². The monoisotopic (exact) mass is 343 g/mol. The number of carbonyl (C=O) groups excluding carboxylic acids is 1. The number of carbonyl (C=O) groups is 1. The second-order valence-corrected chi connectivity index (χ2v) is 7.55. The summed E-state index contributed by atoms with van der Waals surface area (Å²) in [6.07, 6.45) is 2.18. The molecule has 0 saturated carbocycles. The minimum absolute atomic E-state index is 0.0521. The van der Waals surface area contributed by atoms with Crippen molar-refractivity contribution >= 4 is 17.2 Å². The molecule has 1 amide bonds. The summed E-state index contributed by atoms with van der Waals surface area (Å²) >= 11 is 1.54. The van der Waals surface area contributed by atoms with Crippen LogP contribution in [0.3, 0.4) is 0 Å². The van der Waals surface area contributed by atoms with Crippen molar-refractivity contribution in [2.24, 2.45) is 0 Å². The molecule has 1 aromatic carbocycles. The van der Waals surface area contributed by atoms with Crippen LogP contribution >= 0.6 is 11.3 Å². The summed E-state index contributed by atoms with van der Waals surface area (Å²) in [6.45, 7) is 5.97. The van der Waals surface area contributed by atoms with Crippen LogP contribution in [-0.4, -0.2) is 42.0 Å². The molecule has 2 aromatic rings. The van der Waals surface area contributed by atoms with Crippen molar-refractivity contribution in [2.45, 2.75) is 38.6 Å². The summed E-state index contributed by atoms with van der Waals surface area (Å²) in [6, 6.07) is 8.88. The molecule has 0 radical (unpaired) electrons. The fourth-order valence-electron chi connectivity index (χ4n) is 3.07. The van der Waals surface area contributed by atoms with E-state index in [1.165, 1.54) is 5.56 Å². The maximum Gasteiger partial charge on any atom is 0.273 e. The Labute approximate surface area is 147 Å². The molecule has 0 bridgehead atoms. The summed E-state index contributed by atoms with van der Waals surface area (Å²) < 4.78 is 0. The Bertz CT molecular complexity index is 693. The molecule has 24 heavy (non-hydrogen) atoms. The van der Waals surface area contributed by atoms with E-state index in [9.17, 15) is 4.79 Å². The lowest BCUT2D eigenvalue weighted by atomic mass is 10.0. The van der Waals surface area contributed by atoms with Gasteiger partial charge in [-0.1, -0.05) is 38.1 Å². The number of hydrogen-bond acceptors (Lipinski definition) is 4. The first kappa shape index (κ1) is 17.1. The van der Waals surface area contributed by atoms with Gasteiger partial charge >= 0.3 is 0 Å². The van der Waals surface area contributed by atoms with Crippen LogP contribution in [0.4, 0.5) is 0 Å². The Hall–Kier alpha value is -1.72. The van der Waals surface area contributed by atoms with Gasteiger partial charge in [-0.2, -0.15) is 0 Å². The highest BCUT2D eigenvalue weighted by atomic mass is 32.1. The van der Waals surface area contributed by atoms with Crippen molar-refractivity contribution in [3.63, 3.8) is 0 Å². The van der Waals surface area contributed by atoms with Gasteiger partial charge in [-0.05, 0) is 31.4 Å². The largest absolute Gasteiger partial charge is 0.336 e. The van der Waals surface area contributed by atoms with Gasteiger partial charge < -0.3 is 10.2 Å². The molecule has 1 N–H and O–H groups in total. The van der Waals surface area contributed by atoms with Gasteiger partial charge in [0, 0.05) is 30.1 Å². The lowest BCUT2D eigenvalue weighted by molar-refractivity contribution is 0.0693. The van der Waals surface area contributed by atoms with Crippen molar-refractivity contribution in [1.29, 1.82) is 0 Å². The Kier molecular flexibility index (Phi) is 5.31. The van der Waals surface area contributed by atoms with Gasteiger partial charge in [0.25, 0.3) is 5.91 Å². The summed E-state index contributed by atoms with van der Waals surface area (Å²) in [5, 5.41) is 6.07. The molecule has 1 aromatic heterocycles. The predicted molar refractivity (Wildman–Crippen MR) is 99.6 cm³/mol. The van der Waals surface area contributed by atoms with Gasteiger partial charge in [0.05, 0.1) is 0 Å². The average molecular weight is 343 g/mol. The molecular weight excluding hydrogens is 318 g/mol. The maximum absolute atomic E-state index is 12.7. The van der Waals surface area contributed by atoms with E-state index in [0.29, 0.717) is 17.7 Å². The molecule has 1 aliphatic heterocycles. The highest BCUT2D eigenvalue weighted by molar-refractivity contribution is 7.13. The van der Waals surface area contributed by atoms with Crippen LogP contribution in [0.15, 0.2) is 29.6 Å². The molecule has 2 heterocycles. The van der Waals surface area contributed by atoms with E-state index in [0.717, 1.165) is 36.5 Å². The van der Waals surface area contributed by atoms with Crippen LogP contribution in [0.2, 0.25) is 0 Å². The normalized spacial score (nSPS) is 18.2. The standard InChI is InChI=1S/C19H25N3OS/c1-13(2)14-6-8-15(9-7-14)18-21-17(12-24-18)19(23)22-10-4-5-16(11-22)20-3/h6-9,12-13,16,20H,4-5,10-11H2,1-3H3. The number of aromatic nitrogens is 1. The zero-order valence-electron chi connectivity index (χ0n) is 14.6. The molecule has 4 nitrogen and oxygen atoms in total. The SMILES string of the molecule is CNC1CCCN(C(=O)c2csc(-c3ccc(C(C)C)cc3)n2)C1. The molecule has 1 atom stereocenters. The molecule has 128 valence electrons. The summed E-state index contributed by atoms with van der Waals surface area (Å²) in [5.74, 6) is 0.572. The van der Waals surface area contributed by atoms with Crippen LogP contribution in [-0.2, 0) is 0 Å². The van der Waals surface area contributed by atoms with Crippen LogP contribution < -0.4 is 5.32 Å². The summed E-state index contributed by atoms with van der Waals surface area (Å²) in [7, 11) is 1.96. The first-order valence-corrected chi connectivity index (χ1v) is 9.49. The molecule has 1 unspecified atom stereocenters. The number of piperidine rings is 1.